The van der Waals surface area contributed by atoms with Crippen LogP contribution in [0.15, 0.2) is 14.5 Å². The van der Waals surface area contributed by atoms with Crippen LogP contribution in [0.4, 0.5) is 0 Å². The zero-order valence-electron chi connectivity index (χ0n) is 19.9. The zero-order valence-corrected chi connectivity index (χ0v) is 22.3. The number of thiophene rings is 1. The van der Waals surface area contributed by atoms with E-state index in [4.69, 9.17) is 4.74 Å². The summed E-state index contributed by atoms with van der Waals surface area (Å²) in [5.41, 5.74) is 0.321. The summed E-state index contributed by atoms with van der Waals surface area (Å²) in [6.07, 6.45) is 0.472. The molecule has 2 amide bonds. The van der Waals surface area contributed by atoms with E-state index in [1.54, 1.807) is 0 Å². The summed E-state index contributed by atoms with van der Waals surface area (Å²) in [5.74, 6) is -2.39. The van der Waals surface area contributed by atoms with E-state index in [0.29, 0.717) is 36.5 Å². The van der Waals surface area contributed by atoms with E-state index in [2.05, 4.69) is 10.1 Å². The molecule has 0 aromatic carbocycles. The maximum absolute atomic E-state index is 13.1. The molecule has 0 bridgehead atoms. The lowest BCUT2D eigenvalue weighted by molar-refractivity contribution is -0.150. The third-order valence-electron chi connectivity index (χ3n) is 4.96. The summed E-state index contributed by atoms with van der Waals surface area (Å²) in [7, 11) is -5.59. The Hall–Kier alpha value is -2.11. The summed E-state index contributed by atoms with van der Waals surface area (Å²) in [6.45, 7) is 3.00. The van der Waals surface area contributed by atoms with Gasteiger partial charge in [0.05, 0.1) is 0 Å². The van der Waals surface area contributed by atoms with Crippen molar-refractivity contribution in [2.24, 2.45) is 0 Å². The van der Waals surface area contributed by atoms with Gasteiger partial charge in [-0.2, -0.15) is 4.31 Å². The highest BCUT2D eigenvalue weighted by molar-refractivity contribution is 7.94. The predicted octanol–water partition coefficient (Wildman–Crippen LogP) is -0.734. The summed E-state index contributed by atoms with van der Waals surface area (Å²) < 4.78 is 64.3. The molecule has 1 aromatic heterocycles. The number of carbonyl (C=O) groups excluding carboxylic acids is 3. The molecule has 0 aliphatic carbocycles. The van der Waals surface area contributed by atoms with Gasteiger partial charge in [-0.05, 0) is 19.0 Å². The van der Waals surface area contributed by atoms with E-state index >= 15 is 0 Å². The van der Waals surface area contributed by atoms with Gasteiger partial charge >= 0.3 is 5.97 Å². The lowest BCUT2D eigenvalue weighted by atomic mass is 10.1. The van der Waals surface area contributed by atoms with Gasteiger partial charge in [0, 0.05) is 52.4 Å². The maximum atomic E-state index is 13.1. The SMILES string of the molecule is CCN[C@H]1CN(CCCOC)S(=O)(=O)c2sc(S(=O)(=O)NC(=O)CN(C)C(=O)COC(C)=O)cc21. The van der Waals surface area contributed by atoms with Crippen molar-refractivity contribution >= 4 is 49.2 Å². The molecule has 16 heteroatoms. The van der Waals surface area contributed by atoms with Gasteiger partial charge in [-0.1, -0.05) is 6.92 Å². The minimum Gasteiger partial charge on any atom is -0.456 e. The second-order valence-electron chi connectivity index (χ2n) is 7.69. The molecule has 2 N–H and O–H groups in total. The van der Waals surface area contributed by atoms with Crippen LogP contribution in [0.1, 0.15) is 31.9 Å². The van der Waals surface area contributed by atoms with Crippen molar-refractivity contribution < 1.29 is 40.7 Å². The zero-order chi connectivity index (χ0) is 26.4. The lowest BCUT2D eigenvalue weighted by Gasteiger charge is -2.32. The third kappa shape index (κ3) is 7.44. The predicted molar refractivity (Wildman–Crippen MR) is 126 cm³/mol. The summed E-state index contributed by atoms with van der Waals surface area (Å²) in [6, 6.07) is 0.824. The average Bonchev–Trinajstić information content (AvgIpc) is 3.23. The topological polar surface area (TPSA) is 168 Å². The van der Waals surface area contributed by atoms with Gasteiger partial charge in [-0.25, -0.2) is 21.6 Å². The van der Waals surface area contributed by atoms with Gasteiger partial charge < -0.3 is 19.7 Å². The molecule has 0 radical (unpaired) electrons. The molecule has 35 heavy (non-hydrogen) atoms. The highest BCUT2D eigenvalue weighted by atomic mass is 32.3. The van der Waals surface area contributed by atoms with Crippen LogP contribution in [-0.4, -0.2) is 97.4 Å². The molecule has 2 heterocycles. The normalized spacial score (nSPS) is 17.4. The van der Waals surface area contributed by atoms with Crippen molar-refractivity contribution in [3.8, 4) is 0 Å². The molecule has 1 aromatic rings. The number of fused-ring (bicyclic) bond motifs is 1. The Labute approximate surface area is 208 Å². The third-order valence-corrected chi connectivity index (χ3v) is 10.4. The first-order chi connectivity index (χ1) is 16.3. The number of nitrogens with zero attached hydrogens (tertiary/aromatic N) is 2. The molecular weight excluding hydrogens is 524 g/mol. The average molecular weight is 555 g/mol. The number of rotatable bonds is 12. The Morgan fingerprint density at radius 1 is 1.31 bits per heavy atom. The van der Waals surface area contributed by atoms with E-state index < -0.39 is 57.0 Å². The van der Waals surface area contributed by atoms with Crippen molar-refractivity contribution in [1.29, 1.82) is 0 Å². The van der Waals surface area contributed by atoms with Gasteiger partial charge in [0.25, 0.3) is 31.9 Å². The number of carbonyl (C=O) groups is 3. The number of amides is 2. The van der Waals surface area contributed by atoms with Crippen molar-refractivity contribution in [3.63, 3.8) is 0 Å². The number of ether oxygens (including phenoxy) is 2. The highest BCUT2D eigenvalue weighted by Gasteiger charge is 2.40. The van der Waals surface area contributed by atoms with Crippen molar-refractivity contribution in [1.82, 2.24) is 19.2 Å². The Kier molecular flexibility index (Phi) is 10.2. The van der Waals surface area contributed by atoms with Crippen molar-refractivity contribution in [3.05, 3.63) is 11.6 Å². The molecule has 0 saturated carbocycles. The quantitative estimate of drug-likeness (QED) is 0.248. The van der Waals surface area contributed by atoms with Crippen molar-refractivity contribution in [2.75, 3.05) is 53.6 Å². The Balaban J connectivity index is 2.23. The monoisotopic (exact) mass is 554 g/mol. The van der Waals surface area contributed by atoms with Gasteiger partial charge in [0.2, 0.25) is 0 Å². The first-order valence-electron chi connectivity index (χ1n) is 10.6. The molecule has 2 rings (SSSR count). The second-order valence-corrected chi connectivity index (χ2v) is 12.8. The number of sulfonamides is 2. The van der Waals surface area contributed by atoms with Crippen LogP contribution in [0.3, 0.4) is 0 Å². The summed E-state index contributed by atoms with van der Waals surface area (Å²) >= 11 is 0.559. The Morgan fingerprint density at radius 3 is 2.60 bits per heavy atom. The minimum absolute atomic E-state index is 0.103. The summed E-state index contributed by atoms with van der Waals surface area (Å²) in [4.78, 5) is 35.9. The molecule has 1 atom stereocenters. The van der Waals surface area contributed by atoms with Gasteiger partial charge in [0.1, 0.15) is 15.0 Å². The highest BCUT2D eigenvalue weighted by Crippen LogP contribution is 2.40. The minimum atomic E-state index is -4.41. The fraction of sp³-hybridized carbons (Fsp3) is 0.632. The number of nitrogens with one attached hydrogen (secondary N) is 2. The molecule has 13 nitrogen and oxygen atoms in total. The fourth-order valence-electron chi connectivity index (χ4n) is 3.29. The molecular formula is C19H30N4O9S3. The Morgan fingerprint density at radius 2 is 2.00 bits per heavy atom. The van der Waals surface area contributed by atoms with E-state index in [-0.39, 0.29) is 21.5 Å². The van der Waals surface area contributed by atoms with E-state index in [9.17, 15) is 31.2 Å². The van der Waals surface area contributed by atoms with Crippen LogP contribution in [0.2, 0.25) is 0 Å². The standard InChI is InChI=1S/C19H30N4O9S3/c1-5-20-15-10-23(7-6-8-31-4)35(29,30)19-14(15)9-18(33-19)34(27,28)21-16(25)11-22(3)17(26)12-32-13(2)24/h9,15,20H,5-8,10-12H2,1-4H3,(H,21,25)/t15-/m0/s1. The largest absolute Gasteiger partial charge is 0.456 e. The van der Waals surface area contributed by atoms with Crippen LogP contribution < -0.4 is 10.0 Å². The maximum Gasteiger partial charge on any atom is 0.303 e. The second kappa shape index (κ2) is 12.2. The summed E-state index contributed by atoms with van der Waals surface area (Å²) in [5, 5.41) is 3.17. The number of esters is 1. The first kappa shape index (κ1) is 29.1. The number of likely N-dealkylation sites (N-methyl/N-ethyl adjacent to an activating group) is 2. The first-order valence-corrected chi connectivity index (χ1v) is 14.4. The molecule has 0 saturated heterocycles. The molecule has 198 valence electrons. The van der Waals surface area contributed by atoms with Gasteiger partial charge in [0.15, 0.2) is 6.61 Å². The number of hydrogen-bond acceptors (Lipinski definition) is 11. The van der Waals surface area contributed by atoms with E-state index in [1.807, 2.05) is 11.6 Å². The smallest absolute Gasteiger partial charge is 0.303 e. The number of hydrogen-bond donors (Lipinski definition) is 2. The van der Waals surface area contributed by atoms with Gasteiger partial charge in [-0.15, -0.1) is 11.3 Å². The lowest BCUT2D eigenvalue weighted by Crippen LogP contribution is -2.43. The fourth-order valence-corrected chi connectivity index (χ4v) is 8.15. The molecule has 0 spiro atoms. The Bertz CT molecular complexity index is 1150. The molecule has 1 aliphatic heterocycles. The van der Waals surface area contributed by atoms with Crippen LogP contribution in [0.5, 0.6) is 0 Å². The van der Waals surface area contributed by atoms with Crippen LogP contribution in [0.25, 0.3) is 0 Å². The van der Waals surface area contributed by atoms with E-state index in [0.717, 1.165) is 11.8 Å². The van der Waals surface area contributed by atoms with Crippen LogP contribution in [0, 0.1) is 0 Å². The van der Waals surface area contributed by atoms with Crippen LogP contribution in [-0.2, 0) is 43.9 Å². The number of methoxy groups -OCH3 is 1. The van der Waals surface area contributed by atoms with E-state index in [1.165, 1.54) is 24.5 Å². The molecule has 0 fully saturated rings. The van der Waals surface area contributed by atoms with Crippen LogP contribution >= 0.6 is 11.3 Å². The molecule has 0 unspecified atom stereocenters. The molecule has 1 aliphatic rings. The van der Waals surface area contributed by atoms with Crippen molar-refractivity contribution in [2.45, 2.75) is 34.7 Å². The van der Waals surface area contributed by atoms with Gasteiger partial charge in [-0.3, -0.25) is 14.4 Å².